The molecule has 9 heteroatoms. The van der Waals surface area contributed by atoms with E-state index in [9.17, 15) is 4.79 Å². The van der Waals surface area contributed by atoms with Gasteiger partial charge in [0.15, 0.2) is 5.82 Å². The molecule has 0 atom stereocenters. The number of carbonyl (C=O) groups excluding carboxylic acids is 1. The average Bonchev–Trinajstić information content (AvgIpc) is 3.11. The molecule has 0 radical (unpaired) electrons. The van der Waals surface area contributed by atoms with Crippen molar-refractivity contribution in [2.24, 2.45) is 0 Å². The number of methoxy groups -OCH3 is 2. The lowest BCUT2D eigenvalue weighted by molar-refractivity contribution is 0.0632. The Labute approximate surface area is 190 Å². The van der Waals surface area contributed by atoms with Crippen molar-refractivity contribution < 1.29 is 14.3 Å². The molecule has 1 fully saturated rings. The molecular weight excluding hydrogens is 436 g/mol. The predicted octanol–water partition coefficient (Wildman–Crippen LogP) is 3.77. The van der Waals surface area contributed by atoms with E-state index in [-0.39, 0.29) is 5.91 Å². The second kappa shape index (κ2) is 9.48. The van der Waals surface area contributed by atoms with Gasteiger partial charge in [0.25, 0.3) is 5.91 Å². The summed E-state index contributed by atoms with van der Waals surface area (Å²) in [5.74, 6) is 1.07. The van der Waals surface area contributed by atoms with E-state index in [2.05, 4.69) is 14.9 Å². The van der Waals surface area contributed by atoms with Gasteiger partial charge in [-0.3, -0.25) is 9.69 Å². The van der Waals surface area contributed by atoms with E-state index in [1.54, 1.807) is 14.2 Å². The molecule has 0 spiro atoms. The summed E-state index contributed by atoms with van der Waals surface area (Å²) in [4.78, 5) is 28.0. The summed E-state index contributed by atoms with van der Waals surface area (Å²) >= 11 is 7.37. The van der Waals surface area contributed by atoms with Crippen LogP contribution in [0.25, 0.3) is 10.2 Å². The lowest BCUT2D eigenvalue weighted by Gasteiger charge is -2.34. The molecule has 1 aliphatic rings. The molecule has 2 aromatic heterocycles. The Morgan fingerprint density at radius 2 is 1.84 bits per heavy atom. The quantitative estimate of drug-likeness (QED) is 0.558. The van der Waals surface area contributed by atoms with Crippen molar-refractivity contribution >= 4 is 39.1 Å². The minimum Gasteiger partial charge on any atom is -0.480 e. The van der Waals surface area contributed by atoms with Gasteiger partial charge in [-0.15, -0.1) is 11.3 Å². The van der Waals surface area contributed by atoms with Crippen LogP contribution in [-0.2, 0) is 17.9 Å². The van der Waals surface area contributed by atoms with Gasteiger partial charge in [-0.25, -0.2) is 4.98 Å². The molecule has 4 rings (SSSR count). The van der Waals surface area contributed by atoms with E-state index < -0.39 is 0 Å². The Kier molecular flexibility index (Phi) is 6.71. The fourth-order valence-electron chi connectivity index (χ4n) is 3.79. The average molecular weight is 461 g/mol. The molecule has 0 aliphatic carbocycles. The van der Waals surface area contributed by atoms with Crippen LogP contribution in [0.1, 0.15) is 26.6 Å². The molecular formula is C22H25ClN4O3S. The molecule has 1 saturated heterocycles. The van der Waals surface area contributed by atoms with Gasteiger partial charge in [0.1, 0.15) is 11.4 Å². The van der Waals surface area contributed by atoms with Crippen LogP contribution in [0.3, 0.4) is 0 Å². The van der Waals surface area contributed by atoms with Gasteiger partial charge in [-0.05, 0) is 30.2 Å². The molecule has 3 aromatic rings. The standard InChI is InChI=1S/C22H25ClN4O3S/c1-14-18-20(30-3)24-17(13-29-2)25-21(18)31-19(14)22(28)27-10-8-26(9-11-27)12-15-4-6-16(23)7-5-15/h4-7H,8-13H2,1-3H3. The molecule has 0 unspecified atom stereocenters. The Bertz CT molecular complexity index is 1080. The minimum atomic E-state index is 0.0435. The Morgan fingerprint density at radius 1 is 1.13 bits per heavy atom. The van der Waals surface area contributed by atoms with Crippen LogP contribution < -0.4 is 4.74 Å². The van der Waals surface area contributed by atoms with E-state index in [0.29, 0.717) is 36.3 Å². The fourth-order valence-corrected chi connectivity index (χ4v) is 5.07. The molecule has 0 bridgehead atoms. The molecule has 3 heterocycles. The van der Waals surface area contributed by atoms with Gasteiger partial charge in [0, 0.05) is 44.9 Å². The summed E-state index contributed by atoms with van der Waals surface area (Å²) in [7, 11) is 3.18. The fraction of sp³-hybridized carbons (Fsp3) is 0.409. The summed E-state index contributed by atoms with van der Waals surface area (Å²) in [6.07, 6.45) is 0. The number of nitrogens with zero attached hydrogens (tertiary/aromatic N) is 4. The van der Waals surface area contributed by atoms with Gasteiger partial charge >= 0.3 is 0 Å². The number of amides is 1. The number of hydrogen-bond donors (Lipinski definition) is 0. The highest BCUT2D eigenvalue weighted by atomic mass is 35.5. The zero-order valence-corrected chi connectivity index (χ0v) is 19.4. The molecule has 1 amide bonds. The van der Waals surface area contributed by atoms with Gasteiger partial charge in [0.05, 0.1) is 17.4 Å². The van der Waals surface area contributed by atoms with Crippen LogP contribution in [0.15, 0.2) is 24.3 Å². The van der Waals surface area contributed by atoms with E-state index in [1.807, 2.05) is 36.1 Å². The SMILES string of the molecule is COCc1nc(OC)c2c(C)c(C(=O)N3CCN(Cc4ccc(Cl)cc4)CC3)sc2n1. The predicted molar refractivity (Wildman–Crippen MR) is 122 cm³/mol. The highest BCUT2D eigenvalue weighted by molar-refractivity contribution is 7.20. The first-order chi connectivity index (χ1) is 15.0. The first-order valence-corrected chi connectivity index (χ1v) is 11.3. The van der Waals surface area contributed by atoms with Crippen molar-refractivity contribution in [3.63, 3.8) is 0 Å². The summed E-state index contributed by atoms with van der Waals surface area (Å²) in [6.45, 7) is 6.14. The maximum absolute atomic E-state index is 13.3. The van der Waals surface area contributed by atoms with Gasteiger partial charge < -0.3 is 14.4 Å². The van der Waals surface area contributed by atoms with Crippen molar-refractivity contribution in [1.82, 2.24) is 19.8 Å². The van der Waals surface area contributed by atoms with E-state index in [1.165, 1.54) is 16.9 Å². The third-order valence-electron chi connectivity index (χ3n) is 5.44. The first kappa shape index (κ1) is 22.0. The molecule has 0 saturated carbocycles. The number of aromatic nitrogens is 2. The largest absolute Gasteiger partial charge is 0.480 e. The van der Waals surface area contributed by atoms with Gasteiger partial charge in [-0.2, -0.15) is 4.98 Å². The molecule has 164 valence electrons. The van der Waals surface area contributed by atoms with E-state index in [4.69, 9.17) is 21.1 Å². The third kappa shape index (κ3) is 4.67. The lowest BCUT2D eigenvalue weighted by atomic mass is 10.1. The monoisotopic (exact) mass is 460 g/mol. The number of piperazine rings is 1. The smallest absolute Gasteiger partial charge is 0.264 e. The van der Waals surface area contributed by atoms with E-state index in [0.717, 1.165) is 40.4 Å². The number of ether oxygens (including phenoxy) is 2. The molecule has 1 aliphatic heterocycles. The number of halogens is 1. The lowest BCUT2D eigenvalue weighted by Crippen LogP contribution is -2.48. The topological polar surface area (TPSA) is 67.8 Å². The molecule has 0 N–H and O–H groups in total. The summed E-state index contributed by atoms with van der Waals surface area (Å²) in [5.41, 5.74) is 2.09. The molecule has 7 nitrogen and oxygen atoms in total. The van der Waals surface area contributed by atoms with Crippen LogP contribution in [-0.4, -0.2) is 66.1 Å². The van der Waals surface area contributed by atoms with Crippen LogP contribution in [0.2, 0.25) is 5.02 Å². The van der Waals surface area contributed by atoms with Crippen molar-refractivity contribution in [1.29, 1.82) is 0 Å². The Morgan fingerprint density at radius 3 is 2.48 bits per heavy atom. The number of hydrogen-bond acceptors (Lipinski definition) is 7. The van der Waals surface area contributed by atoms with Gasteiger partial charge in [-0.1, -0.05) is 23.7 Å². The van der Waals surface area contributed by atoms with Crippen LogP contribution >= 0.6 is 22.9 Å². The van der Waals surface area contributed by atoms with Crippen molar-refractivity contribution in [2.45, 2.75) is 20.1 Å². The summed E-state index contributed by atoms with van der Waals surface area (Å²) < 4.78 is 10.6. The number of benzene rings is 1. The third-order valence-corrected chi connectivity index (χ3v) is 6.87. The second-order valence-corrected chi connectivity index (χ2v) is 8.95. The summed E-state index contributed by atoms with van der Waals surface area (Å²) in [5, 5.41) is 1.55. The maximum Gasteiger partial charge on any atom is 0.264 e. The number of carbonyl (C=O) groups is 1. The van der Waals surface area contributed by atoms with E-state index >= 15 is 0 Å². The Hall–Kier alpha value is -2.26. The van der Waals surface area contributed by atoms with Gasteiger partial charge in [0.2, 0.25) is 5.88 Å². The Balaban J connectivity index is 1.48. The van der Waals surface area contributed by atoms with Crippen molar-refractivity contribution in [2.75, 3.05) is 40.4 Å². The molecule has 1 aromatic carbocycles. The second-order valence-electron chi connectivity index (χ2n) is 7.51. The number of rotatable bonds is 6. The summed E-state index contributed by atoms with van der Waals surface area (Å²) in [6, 6.07) is 7.92. The van der Waals surface area contributed by atoms with Crippen molar-refractivity contribution in [3.8, 4) is 5.88 Å². The van der Waals surface area contributed by atoms with Crippen LogP contribution in [0.5, 0.6) is 5.88 Å². The minimum absolute atomic E-state index is 0.0435. The normalized spacial score (nSPS) is 14.9. The zero-order chi connectivity index (χ0) is 22.0. The number of thiophene rings is 1. The first-order valence-electron chi connectivity index (χ1n) is 10.1. The van der Waals surface area contributed by atoms with Crippen molar-refractivity contribution in [3.05, 3.63) is 51.1 Å². The zero-order valence-electron chi connectivity index (χ0n) is 17.9. The number of fused-ring (bicyclic) bond motifs is 1. The van der Waals surface area contributed by atoms with Crippen LogP contribution in [0, 0.1) is 6.92 Å². The molecule has 31 heavy (non-hydrogen) atoms. The van der Waals surface area contributed by atoms with Crippen LogP contribution in [0.4, 0.5) is 0 Å². The highest BCUT2D eigenvalue weighted by Gasteiger charge is 2.27. The highest BCUT2D eigenvalue weighted by Crippen LogP contribution is 2.35. The maximum atomic E-state index is 13.3. The number of aryl methyl sites for hydroxylation is 1.